The minimum atomic E-state index is 0.398. The molecule has 0 aromatic heterocycles. The summed E-state index contributed by atoms with van der Waals surface area (Å²) in [5.74, 6) is 2.06. The van der Waals surface area contributed by atoms with Gasteiger partial charge < -0.3 is 9.47 Å². The molecule has 0 heterocycles. The second-order valence-electron chi connectivity index (χ2n) is 11.1. The smallest absolute Gasteiger partial charge is 0.119 e. The van der Waals surface area contributed by atoms with Gasteiger partial charge in [-0.2, -0.15) is 0 Å². The monoisotopic (exact) mass is 512 g/mol. The molecule has 2 aliphatic carbocycles. The molecule has 0 aliphatic heterocycles. The van der Waals surface area contributed by atoms with Crippen molar-refractivity contribution in [1.29, 1.82) is 0 Å². The van der Waals surface area contributed by atoms with Crippen LogP contribution in [0.4, 0.5) is 0 Å². The summed E-state index contributed by atoms with van der Waals surface area (Å²) in [6.45, 7) is 5.21. The molecule has 2 aromatic carbocycles. The summed E-state index contributed by atoms with van der Waals surface area (Å²) < 4.78 is 12.6. The van der Waals surface area contributed by atoms with Crippen LogP contribution in [-0.2, 0) is 4.74 Å². The fourth-order valence-corrected chi connectivity index (χ4v) is 5.66. The summed E-state index contributed by atoms with van der Waals surface area (Å²) in [4.78, 5) is 0. The molecule has 2 aliphatic rings. The number of hydrogen-bond acceptors (Lipinski definition) is 2. The molecule has 2 nitrogen and oxygen atoms in total. The van der Waals surface area contributed by atoms with Gasteiger partial charge in [-0.1, -0.05) is 113 Å². The molecular formula is C36H48O2. The van der Waals surface area contributed by atoms with Gasteiger partial charge in [0, 0.05) is 0 Å². The van der Waals surface area contributed by atoms with Gasteiger partial charge in [-0.3, -0.25) is 0 Å². The van der Waals surface area contributed by atoms with Gasteiger partial charge in [0.25, 0.3) is 0 Å². The second kappa shape index (κ2) is 15.6. The lowest BCUT2D eigenvalue weighted by molar-refractivity contribution is 0.0819. The zero-order valence-corrected chi connectivity index (χ0v) is 23.9. The molecule has 0 amide bonds. The van der Waals surface area contributed by atoms with E-state index in [0.717, 1.165) is 31.0 Å². The summed E-state index contributed by atoms with van der Waals surface area (Å²) in [7, 11) is 0. The molecule has 1 fully saturated rings. The normalized spacial score (nSPS) is 17.3. The van der Waals surface area contributed by atoms with Gasteiger partial charge in [0.15, 0.2) is 0 Å². The van der Waals surface area contributed by atoms with Crippen LogP contribution in [0.15, 0.2) is 78.1 Å². The predicted octanol–water partition coefficient (Wildman–Crippen LogP) is 10.8. The van der Waals surface area contributed by atoms with Crippen molar-refractivity contribution in [2.24, 2.45) is 0 Å². The Bertz CT molecular complexity index is 1070. The van der Waals surface area contributed by atoms with Crippen LogP contribution in [0.1, 0.15) is 109 Å². The molecule has 2 aromatic rings. The number of rotatable bonds is 14. The third-order valence-electron chi connectivity index (χ3n) is 8.01. The fourth-order valence-electron chi connectivity index (χ4n) is 5.66. The van der Waals surface area contributed by atoms with Gasteiger partial charge in [-0.05, 0) is 85.4 Å². The Morgan fingerprint density at radius 3 is 2.24 bits per heavy atom. The lowest BCUT2D eigenvalue weighted by Crippen LogP contribution is -2.16. The van der Waals surface area contributed by atoms with Crippen LogP contribution in [0, 0.1) is 0 Å². The van der Waals surface area contributed by atoms with Crippen LogP contribution < -0.4 is 4.74 Å². The lowest BCUT2D eigenvalue weighted by Gasteiger charge is -2.25. The van der Waals surface area contributed by atoms with Gasteiger partial charge in [0.1, 0.15) is 5.75 Å². The topological polar surface area (TPSA) is 18.5 Å². The van der Waals surface area contributed by atoms with Crippen LogP contribution in [0.25, 0.3) is 16.7 Å². The second-order valence-corrected chi connectivity index (χ2v) is 11.1. The first-order valence-electron chi connectivity index (χ1n) is 15.3. The average molecular weight is 513 g/mol. The lowest BCUT2D eigenvalue weighted by atomic mass is 9.90. The zero-order valence-electron chi connectivity index (χ0n) is 23.9. The van der Waals surface area contributed by atoms with Crippen LogP contribution in [0.5, 0.6) is 5.75 Å². The van der Waals surface area contributed by atoms with E-state index in [-0.39, 0.29) is 0 Å². The quantitative estimate of drug-likeness (QED) is 0.185. The first kappa shape index (κ1) is 28.3. The molecule has 204 valence electrons. The summed E-state index contributed by atoms with van der Waals surface area (Å²) in [5, 5.41) is 0. The van der Waals surface area contributed by atoms with Crippen molar-refractivity contribution in [3.05, 3.63) is 83.7 Å². The van der Waals surface area contributed by atoms with E-state index in [2.05, 4.69) is 80.6 Å². The van der Waals surface area contributed by atoms with E-state index >= 15 is 0 Å². The van der Waals surface area contributed by atoms with Crippen molar-refractivity contribution in [3.63, 3.8) is 0 Å². The summed E-state index contributed by atoms with van der Waals surface area (Å²) in [6, 6.07) is 17.3. The molecule has 0 saturated heterocycles. The molecule has 0 spiro atoms. The average Bonchev–Trinajstić information content (AvgIpc) is 2.97. The highest BCUT2D eigenvalue weighted by molar-refractivity contribution is 5.87. The molecule has 0 atom stereocenters. The van der Waals surface area contributed by atoms with E-state index < -0.39 is 0 Å². The Kier molecular flexibility index (Phi) is 11.6. The Hall–Kier alpha value is -2.74. The third kappa shape index (κ3) is 8.65. The van der Waals surface area contributed by atoms with Crippen molar-refractivity contribution < 1.29 is 9.47 Å². The largest absolute Gasteiger partial charge is 0.495 e. The van der Waals surface area contributed by atoms with E-state index in [9.17, 15) is 0 Å². The van der Waals surface area contributed by atoms with Gasteiger partial charge in [0.2, 0.25) is 0 Å². The van der Waals surface area contributed by atoms with Crippen LogP contribution >= 0.6 is 0 Å². The number of benzene rings is 2. The minimum absolute atomic E-state index is 0.398. The number of hydrogen-bond donors (Lipinski definition) is 0. The number of unbranched alkanes of at least 4 members (excludes halogenated alkanes) is 7. The first-order chi connectivity index (χ1) is 18.7. The van der Waals surface area contributed by atoms with Crippen molar-refractivity contribution in [1.82, 2.24) is 0 Å². The molecule has 0 radical (unpaired) electrons. The number of allylic oxidation sites excluding steroid dienone is 6. The molecule has 2 heteroatoms. The third-order valence-corrected chi connectivity index (χ3v) is 8.01. The Morgan fingerprint density at radius 2 is 1.53 bits per heavy atom. The fraction of sp³-hybridized carbons (Fsp3) is 0.500. The highest BCUT2D eigenvalue weighted by Crippen LogP contribution is 2.36. The Morgan fingerprint density at radius 1 is 0.789 bits per heavy atom. The van der Waals surface area contributed by atoms with E-state index in [1.807, 2.05) is 0 Å². The minimum Gasteiger partial charge on any atom is -0.495 e. The molecule has 0 unspecified atom stereocenters. The maximum atomic E-state index is 6.36. The first-order valence-corrected chi connectivity index (χ1v) is 15.3. The molecule has 0 N–H and O–H groups in total. The Balaban J connectivity index is 1.40. The maximum Gasteiger partial charge on any atom is 0.119 e. The van der Waals surface area contributed by atoms with E-state index in [0.29, 0.717) is 6.10 Å². The standard InChI is InChI=1S/C36H48O2/c1-3-4-5-6-7-8-9-16-27-37-34-25-26-35(31-17-12-10-13-18-31)36(28-34)32-23-21-30(22-24-32)29(2)38-33-19-14-11-15-20-33/h10,12-13,17-18,21,23-26,28,33H,3-9,11,14-16,19-20,22,27H2,1-2H3/b30-29-. The van der Waals surface area contributed by atoms with E-state index in [1.165, 1.54) is 105 Å². The van der Waals surface area contributed by atoms with Crippen LogP contribution in [0.2, 0.25) is 0 Å². The van der Waals surface area contributed by atoms with Crippen molar-refractivity contribution in [3.8, 4) is 16.9 Å². The molecule has 1 saturated carbocycles. The van der Waals surface area contributed by atoms with Gasteiger partial charge in [-0.25, -0.2) is 0 Å². The van der Waals surface area contributed by atoms with Gasteiger partial charge in [-0.15, -0.1) is 0 Å². The zero-order chi connectivity index (χ0) is 26.4. The SMILES string of the molecule is CCCCCCCCCCOc1ccc(-c2ccccc2)c(C2=CC/C(=C(/C)OC3CCCCC3)C=C2)c1. The van der Waals surface area contributed by atoms with E-state index in [1.54, 1.807) is 0 Å². The summed E-state index contributed by atoms with van der Waals surface area (Å²) >= 11 is 0. The van der Waals surface area contributed by atoms with Crippen LogP contribution in [0.3, 0.4) is 0 Å². The Labute approximate surface area is 231 Å². The van der Waals surface area contributed by atoms with Crippen molar-refractivity contribution in [2.45, 2.75) is 110 Å². The molecular weight excluding hydrogens is 464 g/mol. The van der Waals surface area contributed by atoms with Gasteiger partial charge >= 0.3 is 0 Å². The summed E-state index contributed by atoms with van der Waals surface area (Å²) in [6.07, 6.45) is 25.0. The highest BCUT2D eigenvalue weighted by Gasteiger charge is 2.17. The van der Waals surface area contributed by atoms with Crippen molar-refractivity contribution >= 4 is 5.57 Å². The van der Waals surface area contributed by atoms with Crippen molar-refractivity contribution in [2.75, 3.05) is 6.61 Å². The van der Waals surface area contributed by atoms with E-state index in [4.69, 9.17) is 9.47 Å². The molecule has 38 heavy (non-hydrogen) atoms. The number of ether oxygens (including phenoxy) is 2. The molecule has 4 rings (SSSR count). The highest BCUT2D eigenvalue weighted by atomic mass is 16.5. The molecule has 0 bridgehead atoms. The summed E-state index contributed by atoms with van der Waals surface area (Å²) in [5.41, 5.74) is 6.29. The van der Waals surface area contributed by atoms with Crippen LogP contribution in [-0.4, -0.2) is 12.7 Å². The van der Waals surface area contributed by atoms with Gasteiger partial charge in [0.05, 0.1) is 18.5 Å². The predicted molar refractivity (Wildman–Crippen MR) is 162 cm³/mol. The maximum absolute atomic E-state index is 6.36.